The highest BCUT2D eigenvalue weighted by molar-refractivity contribution is 8.93. The number of unbranched alkanes of at least 4 members (excludes halogenated alkanes) is 6. The van der Waals surface area contributed by atoms with Crippen molar-refractivity contribution in [3.8, 4) is 0 Å². The zero-order chi connectivity index (χ0) is 16.0. The maximum atomic E-state index is 6.97. The van der Waals surface area contributed by atoms with Crippen LogP contribution >= 0.6 is 17.0 Å². The van der Waals surface area contributed by atoms with Crippen LogP contribution in [0.3, 0.4) is 0 Å². The maximum absolute atomic E-state index is 6.97. The first-order valence-electron chi connectivity index (χ1n) is 9.93. The zero-order valence-electron chi connectivity index (χ0n) is 16.0. The van der Waals surface area contributed by atoms with Crippen LogP contribution in [0.2, 0.25) is 0 Å². The molecule has 1 unspecified atom stereocenters. The highest BCUT2D eigenvalue weighted by atomic mass is 79.9. The summed E-state index contributed by atoms with van der Waals surface area (Å²) in [4.78, 5) is 0. The van der Waals surface area contributed by atoms with E-state index < -0.39 is 0 Å². The highest BCUT2D eigenvalue weighted by Gasteiger charge is 2.32. The average molecular weight is 378 g/mol. The molecule has 136 valence electrons. The molecule has 1 atom stereocenters. The lowest BCUT2D eigenvalue weighted by Gasteiger charge is -2.38. The second-order valence-electron chi connectivity index (χ2n) is 7.13. The van der Waals surface area contributed by atoms with Gasteiger partial charge in [-0.1, -0.05) is 91.9 Å². The van der Waals surface area contributed by atoms with Gasteiger partial charge in [-0.3, -0.25) is 0 Å². The van der Waals surface area contributed by atoms with Gasteiger partial charge in [0, 0.05) is 5.54 Å². The largest absolute Gasteiger partial charge is 0.325 e. The molecule has 0 aromatic carbocycles. The third-order valence-electron chi connectivity index (χ3n) is 5.12. The lowest BCUT2D eigenvalue weighted by Crippen LogP contribution is -2.47. The van der Waals surface area contributed by atoms with Crippen LogP contribution in [-0.4, -0.2) is 5.54 Å². The van der Waals surface area contributed by atoms with Crippen molar-refractivity contribution in [3.63, 3.8) is 0 Å². The van der Waals surface area contributed by atoms with Crippen LogP contribution in [0.15, 0.2) is 0 Å². The van der Waals surface area contributed by atoms with E-state index in [-0.39, 0.29) is 22.5 Å². The Morgan fingerprint density at radius 1 is 0.636 bits per heavy atom. The first-order chi connectivity index (χ1) is 10.1. The van der Waals surface area contributed by atoms with Gasteiger partial charge in [0.1, 0.15) is 0 Å². The number of hydrogen-bond acceptors (Lipinski definition) is 1. The van der Waals surface area contributed by atoms with Crippen LogP contribution in [0.25, 0.3) is 0 Å². The molecule has 0 aliphatic rings. The summed E-state index contributed by atoms with van der Waals surface area (Å²) in [6.07, 6.45) is 18.5. The van der Waals surface area contributed by atoms with Crippen LogP contribution in [0.1, 0.15) is 118 Å². The van der Waals surface area contributed by atoms with Crippen molar-refractivity contribution in [2.45, 2.75) is 123 Å². The summed E-state index contributed by atoms with van der Waals surface area (Å²) < 4.78 is 0. The van der Waals surface area contributed by atoms with Crippen LogP contribution < -0.4 is 5.73 Å². The van der Waals surface area contributed by atoms with Gasteiger partial charge in [-0.2, -0.15) is 0 Å². The van der Waals surface area contributed by atoms with Gasteiger partial charge in [-0.15, -0.1) is 17.0 Å². The topological polar surface area (TPSA) is 26.0 Å². The number of nitrogens with two attached hydrogens (primary N) is 1. The van der Waals surface area contributed by atoms with Crippen molar-refractivity contribution in [3.05, 3.63) is 0 Å². The first-order valence-corrected chi connectivity index (χ1v) is 9.93. The summed E-state index contributed by atoms with van der Waals surface area (Å²) >= 11 is 0. The van der Waals surface area contributed by atoms with E-state index in [1.165, 1.54) is 89.9 Å². The maximum Gasteiger partial charge on any atom is 0.0182 e. The van der Waals surface area contributed by atoms with Gasteiger partial charge in [-0.05, 0) is 31.6 Å². The molecule has 2 heteroatoms. The third-order valence-corrected chi connectivity index (χ3v) is 5.12. The molecule has 0 rings (SSSR count). The molecule has 1 nitrogen and oxygen atoms in total. The number of hydrogen-bond donors (Lipinski definition) is 1. The van der Waals surface area contributed by atoms with E-state index in [2.05, 4.69) is 27.7 Å². The Labute approximate surface area is 152 Å². The summed E-state index contributed by atoms with van der Waals surface area (Å²) in [5.74, 6) is 0.757. The predicted octanol–water partition coefficient (Wildman–Crippen LogP) is 7.42. The highest BCUT2D eigenvalue weighted by Crippen LogP contribution is 2.34. The third kappa shape index (κ3) is 11.0. The van der Waals surface area contributed by atoms with Gasteiger partial charge in [0.25, 0.3) is 0 Å². The molecule has 0 bridgehead atoms. The number of rotatable bonds is 15. The van der Waals surface area contributed by atoms with E-state index >= 15 is 0 Å². The lowest BCUT2D eigenvalue weighted by molar-refractivity contribution is 0.193. The first kappa shape index (κ1) is 24.7. The lowest BCUT2D eigenvalue weighted by atomic mass is 9.72. The van der Waals surface area contributed by atoms with Gasteiger partial charge >= 0.3 is 0 Å². The van der Waals surface area contributed by atoms with E-state index in [9.17, 15) is 0 Å². The fourth-order valence-electron chi connectivity index (χ4n) is 3.53. The number of halogens is 1. The quantitative estimate of drug-likeness (QED) is 0.295. The Bertz CT molecular complexity index is 210. The van der Waals surface area contributed by atoms with Gasteiger partial charge in [0.05, 0.1) is 0 Å². The summed E-state index contributed by atoms with van der Waals surface area (Å²) in [5, 5.41) is 0. The van der Waals surface area contributed by atoms with Gasteiger partial charge in [-0.25, -0.2) is 0 Å². The minimum absolute atomic E-state index is 0. The fourth-order valence-corrected chi connectivity index (χ4v) is 3.53. The Balaban J connectivity index is 0. The molecule has 2 N–H and O–H groups in total. The van der Waals surface area contributed by atoms with Crippen molar-refractivity contribution >= 4 is 17.0 Å². The average Bonchev–Trinajstić information content (AvgIpc) is 2.50. The molecule has 0 saturated carbocycles. The Morgan fingerprint density at radius 2 is 1.09 bits per heavy atom. The molecule has 22 heavy (non-hydrogen) atoms. The van der Waals surface area contributed by atoms with Crippen LogP contribution in [0.5, 0.6) is 0 Å². The van der Waals surface area contributed by atoms with Crippen LogP contribution in [0, 0.1) is 5.92 Å². The molecule has 0 amide bonds. The van der Waals surface area contributed by atoms with Crippen LogP contribution in [-0.2, 0) is 0 Å². The minimum Gasteiger partial charge on any atom is -0.325 e. The standard InChI is InChI=1S/C20H43N.BrH/c1-5-9-13-14-16-19(15-10-6-2)20(21,17-11-7-3)18-12-8-4;/h19H,5-18,21H2,1-4H3;1H. The summed E-state index contributed by atoms with van der Waals surface area (Å²) in [5.41, 5.74) is 7.09. The molecule has 0 aliphatic carbocycles. The molecule has 0 radical (unpaired) electrons. The Kier molecular flexibility index (Phi) is 18.3. The van der Waals surface area contributed by atoms with Gasteiger partial charge in [0.15, 0.2) is 0 Å². The molecule has 0 heterocycles. The molecule has 0 aromatic heterocycles. The molecule has 0 spiro atoms. The monoisotopic (exact) mass is 377 g/mol. The molecular weight excluding hydrogens is 334 g/mol. The summed E-state index contributed by atoms with van der Waals surface area (Å²) in [6, 6.07) is 0. The normalized spacial score (nSPS) is 13.0. The smallest absolute Gasteiger partial charge is 0.0182 e. The van der Waals surface area contributed by atoms with Gasteiger partial charge in [0.2, 0.25) is 0 Å². The van der Waals surface area contributed by atoms with Crippen molar-refractivity contribution in [1.82, 2.24) is 0 Å². The zero-order valence-corrected chi connectivity index (χ0v) is 17.7. The molecule has 0 aliphatic heterocycles. The van der Waals surface area contributed by atoms with E-state index in [4.69, 9.17) is 5.73 Å². The summed E-state index contributed by atoms with van der Waals surface area (Å²) in [6.45, 7) is 9.19. The van der Waals surface area contributed by atoms with E-state index in [1.807, 2.05) is 0 Å². The molecule has 0 fully saturated rings. The van der Waals surface area contributed by atoms with Gasteiger partial charge < -0.3 is 5.73 Å². The van der Waals surface area contributed by atoms with E-state index in [0.29, 0.717) is 0 Å². The summed E-state index contributed by atoms with van der Waals surface area (Å²) in [7, 11) is 0. The predicted molar refractivity (Wildman–Crippen MR) is 108 cm³/mol. The molecular formula is C20H44BrN. The second-order valence-corrected chi connectivity index (χ2v) is 7.13. The van der Waals surface area contributed by atoms with Crippen LogP contribution in [0.4, 0.5) is 0 Å². The van der Waals surface area contributed by atoms with Crippen molar-refractivity contribution in [1.29, 1.82) is 0 Å². The molecule has 0 aromatic rings. The SMILES string of the molecule is Br.CCCCCCC(CCCC)C(N)(CCCC)CCCC. The van der Waals surface area contributed by atoms with Crippen molar-refractivity contribution < 1.29 is 0 Å². The minimum atomic E-state index is 0. The van der Waals surface area contributed by atoms with Crippen molar-refractivity contribution in [2.24, 2.45) is 11.7 Å². The Hall–Kier alpha value is 0.440. The molecule has 0 saturated heterocycles. The van der Waals surface area contributed by atoms with E-state index in [0.717, 1.165) is 5.92 Å². The Morgan fingerprint density at radius 3 is 1.55 bits per heavy atom. The van der Waals surface area contributed by atoms with E-state index in [1.54, 1.807) is 0 Å². The van der Waals surface area contributed by atoms with Crippen molar-refractivity contribution in [2.75, 3.05) is 0 Å². The fraction of sp³-hybridized carbons (Fsp3) is 1.00. The second kappa shape index (κ2) is 16.3.